The first-order chi connectivity index (χ1) is 8.22. The highest BCUT2D eigenvalue weighted by atomic mass is 16.5. The fourth-order valence-electron chi connectivity index (χ4n) is 1.47. The second-order valence-corrected chi connectivity index (χ2v) is 3.82. The summed E-state index contributed by atoms with van der Waals surface area (Å²) in [5.74, 6) is 0.661. The highest BCUT2D eigenvalue weighted by Crippen LogP contribution is 2.21. The number of aliphatic hydroxyl groups is 1. The fraction of sp³-hybridized carbons (Fsp3) is 0.455. The third-order valence-electron chi connectivity index (χ3n) is 2.64. The van der Waals surface area contributed by atoms with Crippen molar-refractivity contribution < 1.29 is 9.63 Å². The molecule has 0 aromatic carbocycles. The molecule has 0 radical (unpaired) electrons. The summed E-state index contributed by atoms with van der Waals surface area (Å²) in [6, 6.07) is 1.70. The molecule has 6 heteroatoms. The zero-order chi connectivity index (χ0) is 12.3. The van der Waals surface area contributed by atoms with Crippen molar-refractivity contribution in [1.82, 2.24) is 20.1 Å². The molecule has 2 heterocycles. The van der Waals surface area contributed by atoms with E-state index in [0.717, 1.165) is 0 Å². The quantitative estimate of drug-likeness (QED) is 0.860. The summed E-state index contributed by atoms with van der Waals surface area (Å²) in [6.45, 7) is 3.76. The minimum atomic E-state index is -0.478. The van der Waals surface area contributed by atoms with Crippen molar-refractivity contribution in [3.05, 3.63) is 24.5 Å². The minimum absolute atomic E-state index is 0.178. The molecule has 0 saturated carbocycles. The summed E-state index contributed by atoms with van der Waals surface area (Å²) >= 11 is 0. The van der Waals surface area contributed by atoms with Gasteiger partial charge in [-0.3, -0.25) is 0 Å². The Balaban J connectivity index is 2.22. The molecule has 2 rings (SSSR count). The van der Waals surface area contributed by atoms with Crippen molar-refractivity contribution in [2.24, 2.45) is 0 Å². The van der Waals surface area contributed by atoms with E-state index in [1.807, 2.05) is 13.8 Å². The van der Waals surface area contributed by atoms with Crippen molar-refractivity contribution >= 4 is 0 Å². The summed E-state index contributed by atoms with van der Waals surface area (Å²) in [5, 5.41) is 13.5. The molecule has 0 spiro atoms. The van der Waals surface area contributed by atoms with Gasteiger partial charge in [-0.15, -0.1) is 0 Å². The molecule has 2 atom stereocenters. The van der Waals surface area contributed by atoms with E-state index in [2.05, 4.69) is 20.1 Å². The second-order valence-electron chi connectivity index (χ2n) is 3.82. The third kappa shape index (κ3) is 2.47. The van der Waals surface area contributed by atoms with E-state index in [0.29, 0.717) is 23.8 Å². The van der Waals surface area contributed by atoms with Gasteiger partial charge in [0.25, 0.3) is 0 Å². The molecule has 0 bridgehead atoms. The van der Waals surface area contributed by atoms with E-state index >= 15 is 0 Å². The lowest BCUT2D eigenvalue weighted by Gasteiger charge is -2.11. The van der Waals surface area contributed by atoms with Crippen LogP contribution in [0.3, 0.4) is 0 Å². The van der Waals surface area contributed by atoms with Crippen LogP contribution in [0.15, 0.2) is 23.1 Å². The average molecular weight is 234 g/mol. The van der Waals surface area contributed by atoms with Gasteiger partial charge in [-0.05, 0) is 12.5 Å². The Morgan fingerprint density at radius 3 is 2.94 bits per heavy atom. The number of nitrogens with zero attached hydrogens (tertiary/aromatic N) is 4. The molecule has 0 fully saturated rings. The molecule has 90 valence electrons. The molecule has 2 aromatic rings. The molecule has 2 aromatic heterocycles. The fourth-order valence-corrected chi connectivity index (χ4v) is 1.47. The second kappa shape index (κ2) is 5.01. The first-order valence-corrected chi connectivity index (χ1v) is 5.50. The lowest BCUT2D eigenvalue weighted by Crippen LogP contribution is -2.14. The van der Waals surface area contributed by atoms with Gasteiger partial charge in [0.05, 0.1) is 12.0 Å². The van der Waals surface area contributed by atoms with Gasteiger partial charge in [0.2, 0.25) is 11.7 Å². The van der Waals surface area contributed by atoms with E-state index in [1.165, 1.54) is 6.33 Å². The van der Waals surface area contributed by atoms with E-state index < -0.39 is 6.10 Å². The maximum atomic E-state index is 9.71. The van der Waals surface area contributed by atoms with Crippen LogP contribution in [0.25, 0.3) is 11.5 Å². The highest BCUT2D eigenvalue weighted by molar-refractivity contribution is 5.46. The van der Waals surface area contributed by atoms with E-state index in [9.17, 15) is 5.11 Å². The van der Waals surface area contributed by atoms with Crippen LogP contribution in [-0.4, -0.2) is 31.3 Å². The summed E-state index contributed by atoms with van der Waals surface area (Å²) in [7, 11) is 0. The summed E-state index contributed by atoms with van der Waals surface area (Å²) in [6.07, 6.45) is 3.21. The molecule has 0 saturated heterocycles. The van der Waals surface area contributed by atoms with E-state index in [-0.39, 0.29) is 5.92 Å². The topological polar surface area (TPSA) is 84.9 Å². The van der Waals surface area contributed by atoms with Crippen molar-refractivity contribution in [3.63, 3.8) is 0 Å². The number of hydrogen-bond donors (Lipinski definition) is 1. The van der Waals surface area contributed by atoms with Crippen LogP contribution < -0.4 is 0 Å². The largest absolute Gasteiger partial charge is 0.392 e. The van der Waals surface area contributed by atoms with Crippen LogP contribution in [0.4, 0.5) is 0 Å². The van der Waals surface area contributed by atoms with Crippen molar-refractivity contribution in [1.29, 1.82) is 0 Å². The van der Waals surface area contributed by atoms with Crippen LogP contribution in [0, 0.1) is 0 Å². The SMILES string of the molecule is CCC(O)C(C)c1nc(-c2ccncn2)no1. The summed E-state index contributed by atoms with van der Waals surface area (Å²) < 4.78 is 5.12. The van der Waals surface area contributed by atoms with Gasteiger partial charge in [-0.1, -0.05) is 19.0 Å². The van der Waals surface area contributed by atoms with Crippen molar-refractivity contribution in [3.8, 4) is 11.5 Å². The average Bonchev–Trinajstić information content (AvgIpc) is 2.87. The zero-order valence-corrected chi connectivity index (χ0v) is 9.74. The maximum absolute atomic E-state index is 9.71. The molecule has 2 unspecified atom stereocenters. The Morgan fingerprint density at radius 2 is 2.29 bits per heavy atom. The monoisotopic (exact) mass is 234 g/mol. The van der Waals surface area contributed by atoms with Crippen LogP contribution in [0.5, 0.6) is 0 Å². The Kier molecular flexibility index (Phi) is 3.43. The Morgan fingerprint density at radius 1 is 1.47 bits per heavy atom. The first-order valence-electron chi connectivity index (χ1n) is 5.50. The Bertz CT molecular complexity index is 471. The lowest BCUT2D eigenvalue weighted by atomic mass is 10.0. The molecular weight excluding hydrogens is 220 g/mol. The number of aliphatic hydroxyl groups excluding tert-OH is 1. The predicted molar refractivity (Wildman–Crippen MR) is 60.0 cm³/mol. The van der Waals surface area contributed by atoms with Crippen molar-refractivity contribution in [2.75, 3.05) is 0 Å². The van der Waals surface area contributed by atoms with Crippen LogP contribution in [-0.2, 0) is 0 Å². The zero-order valence-electron chi connectivity index (χ0n) is 9.74. The van der Waals surface area contributed by atoms with Gasteiger partial charge in [0.1, 0.15) is 12.0 Å². The van der Waals surface area contributed by atoms with Gasteiger partial charge >= 0.3 is 0 Å². The molecular formula is C11H14N4O2. The predicted octanol–water partition coefficient (Wildman–Crippen LogP) is 1.40. The normalized spacial score (nSPS) is 14.5. The van der Waals surface area contributed by atoms with Gasteiger partial charge in [0.15, 0.2) is 0 Å². The van der Waals surface area contributed by atoms with Crippen LogP contribution in [0.2, 0.25) is 0 Å². The molecule has 0 aliphatic heterocycles. The summed E-state index contributed by atoms with van der Waals surface area (Å²) in [5.41, 5.74) is 0.605. The first kappa shape index (κ1) is 11.7. The highest BCUT2D eigenvalue weighted by Gasteiger charge is 2.21. The van der Waals surface area contributed by atoms with Crippen LogP contribution in [0.1, 0.15) is 32.1 Å². The minimum Gasteiger partial charge on any atom is -0.392 e. The molecule has 0 aliphatic rings. The van der Waals surface area contributed by atoms with Gasteiger partial charge in [-0.25, -0.2) is 9.97 Å². The van der Waals surface area contributed by atoms with Gasteiger partial charge in [0, 0.05) is 6.20 Å². The Labute approximate surface area is 98.7 Å². The Hall–Kier alpha value is -1.82. The lowest BCUT2D eigenvalue weighted by molar-refractivity contribution is 0.129. The van der Waals surface area contributed by atoms with Crippen molar-refractivity contribution in [2.45, 2.75) is 32.3 Å². The molecule has 6 nitrogen and oxygen atoms in total. The number of rotatable bonds is 4. The third-order valence-corrected chi connectivity index (χ3v) is 2.64. The molecule has 0 aliphatic carbocycles. The maximum Gasteiger partial charge on any atom is 0.232 e. The summed E-state index contributed by atoms with van der Waals surface area (Å²) in [4.78, 5) is 12.1. The van der Waals surface area contributed by atoms with Gasteiger partial charge in [-0.2, -0.15) is 4.98 Å². The number of aromatic nitrogens is 4. The smallest absolute Gasteiger partial charge is 0.232 e. The molecule has 1 N–H and O–H groups in total. The number of hydrogen-bond acceptors (Lipinski definition) is 6. The standard InChI is InChI=1S/C11H14N4O2/c1-3-9(16)7(2)11-14-10(15-17-11)8-4-5-12-6-13-8/h4-7,9,16H,3H2,1-2H3. The van der Waals surface area contributed by atoms with Gasteiger partial charge < -0.3 is 9.63 Å². The van der Waals surface area contributed by atoms with E-state index in [1.54, 1.807) is 12.3 Å². The van der Waals surface area contributed by atoms with Crippen LogP contribution >= 0.6 is 0 Å². The van der Waals surface area contributed by atoms with E-state index in [4.69, 9.17) is 4.52 Å². The molecule has 0 amide bonds. The molecule has 17 heavy (non-hydrogen) atoms.